The number of ether oxygens (including phenoxy) is 1. The Balaban J connectivity index is 2.27. The number of anilines is 1. The molecule has 0 N–H and O–H groups in total. The highest BCUT2D eigenvalue weighted by Gasteiger charge is 2.30. The molecule has 1 fully saturated rings. The maximum atomic E-state index is 11.8. The van der Waals surface area contributed by atoms with Gasteiger partial charge in [-0.25, -0.2) is 0 Å². The Kier molecular flexibility index (Phi) is 3.01. The minimum Gasteiger partial charge on any atom is -0.496 e. The monoisotopic (exact) mass is 230 g/mol. The number of amides is 1. The Morgan fingerprint density at radius 1 is 1.53 bits per heavy atom. The molecule has 17 heavy (non-hydrogen) atoms. The van der Waals surface area contributed by atoms with Gasteiger partial charge in [0.1, 0.15) is 5.75 Å². The fourth-order valence-corrected chi connectivity index (χ4v) is 2.07. The molecule has 1 saturated heterocycles. The van der Waals surface area contributed by atoms with Gasteiger partial charge in [-0.15, -0.1) is 0 Å². The number of nitriles is 1. The number of carbonyl (C=O) groups excluding carboxylic acids is 1. The Bertz CT molecular complexity index is 491. The van der Waals surface area contributed by atoms with Crippen molar-refractivity contribution in [2.75, 3.05) is 18.6 Å². The Morgan fingerprint density at radius 3 is 2.82 bits per heavy atom. The smallest absolute Gasteiger partial charge is 0.228 e. The standard InChI is InChI=1S/C13H14N2O2/c1-9-5-11(3-4-12(9)17-2)15-8-10(7-14)6-13(15)16/h3-5,10H,6,8H2,1-2H3. The molecule has 1 heterocycles. The van der Waals surface area contributed by atoms with E-state index in [1.165, 1.54) is 0 Å². The average molecular weight is 230 g/mol. The molecule has 0 aliphatic carbocycles. The second kappa shape index (κ2) is 4.46. The molecule has 88 valence electrons. The van der Waals surface area contributed by atoms with Crippen LogP contribution in [0.25, 0.3) is 0 Å². The van der Waals surface area contributed by atoms with E-state index in [0.29, 0.717) is 13.0 Å². The molecule has 0 radical (unpaired) electrons. The molecule has 1 amide bonds. The summed E-state index contributed by atoms with van der Waals surface area (Å²) in [4.78, 5) is 13.4. The minimum atomic E-state index is -0.190. The zero-order chi connectivity index (χ0) is 12.4. The highest BCUT2D eigenvalue weighted by Crippen LogP contribution is 2.28. The summed E-state index contributed by atoms with van der Waals surface area (Å²) >= 11 is 0. The van der Waals surface area contributed by atoms with Crippen LogP contribution in [0, 0.1) is 24.2 Å². The normalized spacial score (nSPS) is 19.2. The maximum Gasteiger partial charge on any atom is 0.228 e. The molecule has 1 aliphatic rings. The lowest BCUT2D eigenvalue weighted by Gasteiger charge is -2.17. The number of methoxy groups -OCH3 is 1. The summed E-state index contributed by atoms with van der Waals surface area (Å²) in [6, 6.07) is 7.75. The number of aryl methyl sites for hydroxylation is 1. The summed E-state index contributed by atoms with van der Waals surface area (Å²) in [6.45, 7) is 2.42. The van der Waals surface area contributed by atoms with Crippen LogP contribution in [0.1, 0.15) is 12.0 Å². The molecular formula is C13H14N2O2. The highest BCUT2D eigenvalue weighted by molar-refractivity contribution is 5.96. The summed E-state index contributed by atoms with van der Waals surface area (Å²) in [5.74, 6) is 0.628. The second-order valence-corrected chi connectivity index (χ2v) is 4.19. The van der Waals surface area contributed by atoms with Crippen molar-refractivity contribution in [3.8, 4) is 11.8 Å². The van der Waals surface area contributed by atoms with Crippen molar-refractivity contribution in [2.45, 2.75) is 13.3 Å². The number of carbonyl (C=O) groups is 1. The Hall–Kier alpha value is -2.02. The van der Waals surface area contributed by atoms with E-state index in [-0.39, 0.29) is 11.8 Å². The summed E-state index contributed by atoms with van der Waals surface area (Å²) in [7, 11) is 1.62. The molecule has 1 unspecified atom stereocenters. The van der Waals surface area contributed by atoms with Crippen LogP contribution in [0.5, 0.6) is 5.75 Å². The van der Waals surface area contributed by atoms with Crippen LogP contribution in [0.4, 0.5) is 5.69 Å². The molecule has 1 aromatic carbocycles. The molecule has 4 nitrogen and oxygen atoms in total. The Morgan fingerprint density at radius 2 is 2.29 bits per heavy atom. The predicted molar refractivity (Wildman–Crippen MR) is 63.8 cm³/mol. The summed E-state index contributed by atoms with van der Waals surface area (Å²) in [5, 5.41) is 8.84. The molecule has 4 heteroatoms. The zero-order valence-electron chi connectivity index (χ0n) is 9.93. The fourth-order valence-electron chi connectivity index (χ4n) is 2.07. The van der Waals surface area contributed by atoms with E-state index in [9.17, 15) is 4.79 Å². The van der Waals surface area contributed by atoms with Crippen molar-refractivity contribution in [3.05, 3.63) is 23.8 Å². The van der Waals surface area contributed by atoms with E-state index in [0.717, 1.165) is 17.0 Å². The lowest BCUT2D eigenvalue weighted by atomic mass is 10.1. The lowest BCUT2D eigenvalue weighted by molar-refractivity contribution is -0.117. The molecule has 0 saturated carbocycles. The van der Waals surface area contributed by atoms with Crippen molar-refractivity contribution < 1.29 is 9.53 Å². The van der Waals surface area contributed by atoms with Crippen molar-refractivity contribution in [2.24, 2.45) is 5.92 Å². The van der Waals surface area contributed by atoms with Gasteiger partial charge in [0.05, 0.1) is 19.1 Å². The third kappa shape index (κ3) is 2.09. The number of rotatable bonds is 2. The van der Waals surface area contributed by atoms with Crippen LogP contribution in [-0.4, -0.2) is 19.6 Å². The molecule has 2 rings (SSSR count). The van der Waals surface area contributed by atoms with Crippen LogP contribution < -0.4 is 9.64 Å². The van der Waals surface area contributed by atoms with Gasteiger partial charge in [-0.3, -0.25) is 4.79 Å². The van der Waals surface area contributed by atoms with E-state index in [1.807, 2.05) is 25.1 Å². The average Bonchev–Trinajstić information content (AvgIpc) is 2.70. The largest absolute Gasteiger partial charge is 0.496 e. The van der Waals surface area contributed by atoms with E-state index < -0.39 is 0 Å². The first-order valence-electron chi connectivity index (χ1n) is 5.50. The van der Waals surface area contributed by atoms with Gasteiger partial charge >= 0.3 is 0 Å². The van der Waals surface area contributed by atoms with Gasteiger partial charge in [-0.05, 0) is 30.7 Å². The van der Waals surface area contributed by atoms with E-state index >= 15 is 0 Å². The zero-order valence-corrected chi connectivity index (χ0v) is 9.93. The molecule has 0 spiro atoms. The first-order valence-corrected chi connectivity index (χ1v) is 5.50. The van der Waals surface area contributed by atoms with Crippen LogP contribution in [0.2, 0.25) is 0 Å². The van der Waals surface area contributed by atoms with E-state index in [4.69, 9.17) is 10.00 Å². The number of benzene rings is 1. The van der Waals surface area contributed by atoms with Gasteiger partial charge in [0.2, 0.25) is 5.91 Å². The van der Waals surface area contributed by atoms with Gasteiger partial charge in [-0.1, -0.05) is 0 Å². The first kappa shape index (κ1) is 11.5. The van der Waals surface area contributed by atoms with Crippen molar-refractivity contribution in [1.29, 1.82) is 5.26 Å². The predicted octanol–water partition coefficient (Wildman–Crippen LogP) is 1.88. The van der Waals surface area contributed by atoms with E-state index in [2.05, 4.69) is 6.07 Å². The number of hydrogen-bond donors (Lipinski definition) is 0. The van der Waals surface area contributed by atoms with Crippen LogP contribution >= 0.6 is 0 Å². The number of nitrogens with zero attached hydrogens (tertiary/aromatic N) is 2. The molecule has 1 aromatic rings. The molecular weight excluding hydrogens is 216 g/mol. The molecule has 1 aliphatic heterocycles. The van der Waals surface area contributed by atoms with Gasteiger partial charge in [0, 0.05) is 18.7 Å². The fraction of sp³-hybridized carbons (Fsp3) is 0.385. The number of hydrogen-bond acceptors (Lipinski definition) is 3. The van der Waals surface area contributed by atoms with Gasteiger partial charge in [0.25, 0.3) is 0 Å². The lowest BCUT2D eigenvalue weighted by Crippen LogP contribution is -2.24. The first-order chi connectivity index (χ1) is 8.15. The summed E-state index contributed by atoms with van der Waals surface area (Å²) in [6.07, 6.45) is 0.321. The van der Waals surface area contributed by atoms with Crippen molar-refractivity contribution >= 4 is 11.6 Å². The van der Waals surface area contributed by atoms with Crippen LogP contribution in [0.3, 0.4) is 0 Å². The SMILES string of the molecule is COc1ccc(N2CC(C#N)CC2=O)cc1C. The highest BCUT2D eigenvalue weighted by atomic mass is 16.5. The van der Waals surface area contributed by atoms with Crippen LogP contribution in [-0.2, 0) is 4.79 Å². The van der Waals surface area contributed by atoms with Gasteiger partial charge in [0.15, 0.2) is 0 Å². The second-order valence-electron chi connectivity index (χ2n) is 4.19. The topological polar surface area (TPSA) is 53.3 Å². The molecule has 0 aromatic heterocycles. The molecule has 1 atom stereocenters. The summed E-state index contributed by atoms with van der Waals surface area (Å²) in [5.41, 5.74) is 1.82. The Labute approximate surface area is 100 Å². The van der Waals surface area contributed by atoms with Crippen LogP contribution in [0.15, 0.2) is 18.2 Å². The minimum absolute atomic E-state index is 0.0149. The van der Waals surface area contributed by atoms with Gasteiger partial charge in [-0.2, -0.15) is 5.26 Å². The third-order valence-corrected chi connectivity index (χ3v) is 3.00. The maximum absolute atomic E-state index is 11.8. The van der Waals surface area contributed by atoms with Crippen molar-refractivity contribution in [3.63, 3.8) is 0 Å². The third-order valence-electron chi connectivity index (χ3n) is 3.00. The molecule has 0 bridgehead atoms. The van der Waals surface area contributed by atoms with Gasteiger partial charge < -0.3 is 9.64 Å². The quantitative estimate of drug-likeness (QED) is 0.779. The summed E-state index contributed by atoms with van der Waals surface area (Å²) < 4.78 is 5.18. The van der Waals surface area contributed by atoms with Crippen molar-refractivity contribution in [1.82, 2.24) is 0 Å². The van der Waals surface area contributed by atoms with E-state index in [1.54, 1.807) is 12.0 Å².